The number of pyridine rings is 1. The van der Waals surface area contributed by atoms with E-state index in [1.165, 1.54) is 6.07 Å². The summed E-state index contributed by atoms with van der Waals surface area (Å²) in [5, 5.41) is 0. The Morgan fingerprint density at radius 1 is 1.36 bits per heavy atom. The second-order valence-electron chi connectivity index (χ2n) is 6.42. The predicted molar refractivity (Wildman–Crippen MR) is 89.2 cm³/mol. The van der Waals surface area contributed by atoms with Gasteiger partial charge in [0.15, 0.2) is 0 Å². The minimum Gasteiger partial charge on any atom is -0.266 e. The van der Waals surface area contributed by atoms with Gasteiger partial charge < -0.3 is 0 Å². The van der Waals surface area contributed by atoms with Crippen LogP contribution in [-0.2, 0) is 10.0 Å². The molecule has 5 nitrogen and oxygen atoms in total. The lowest BCUT2D eigenvalue weighted by molar-refractivity contribution is -0.0446. The third-order valence-corrected chi connectivity index (χ3v) is 5.64. The smallest absolute Gasteiger partial charge is 0.266 e. The van der Waals surface area contributed by atoms with Gasteiger partial charge >= 0.3 is 15.5 Å². The van der Waals surface area contributed by atoms with Crippen molar-refractivity contribution < 1.29 is 26.4 Å². The van der Waals surface area contributed by atoms with Gasteiger partial charge in [-0.05, 0) is 36.4 Å². The van der Waals surface area contributed by atoms with Crippen molar-refractivity contribution in [2.45, 2.75) is 57.1 Å². The number of rotatable bonds is 6. The molecule has 10 heteroatoms. The number of alkyl halides is 3. The fourth-order valence-electron chi connectivity index (χ4n) is 2.84. The zero-order chi connectivity index (χ0) is 19.0. The number of halogens is 3. The average molecular weight is 376 g/mol. The third kappa shape index (κ3) is 4.34. The Hall–Kier alpha value is -1.58. The van der Waals surface area contributed by atoms with Crippen molar-refractivity contribution in [2.75, 3.05) is 0 Å². The summed E-state index contributed by atoms with van der Waals surface area (Å²) in [6.45, 7) is 6.37. The van der Waals surface area contributed by atoms with Gasteiger partial charge in [0.2, 0.25) is 0 Å². The van der Waals surface area contributed by atoms with Crippen molar-refractivity contribution in [1.82, 2.24) is 9.71 Å². The lowest BCUT2D eigenvalue weighted by atomic mass is 9.69. The molecule has 138 valence electrons. The first kappa shape index (κ1) is 19.7. The normalized spacial score (nSPS) is 17.7. The molecule has 0 aliphatic carbocycles. The fraction of sp³-hybridized carbons (Fsp3) is 0.600. The molecule has 1 aliphatic rings. The summed E-state index contributed by atoms with van der Waals surface area (Å²) >= 11 is 0. The third-order valence-electron chi connectivity index (χ3n) is 4.57. The molecular formula is C15H20BF3N2O3S. The van der Waals surface area contributed by atoms with Gasteiger partial charge in [0, 0.05) is 11.6 Å². The van der Waals surface area contributed by atoms with Crippen LogP contribution in [-0.4, -0.2) is 31.5 Å². The first-order valence-electron chi connectivity index (χ1n) is 8.15. The molecule has 0 saturated carbocycles. The van der Waals surface area contributed by atoms with E-state index in [0.717, 1.165) is 29.4 Å². The number of amides is 1. The molecule has 1 amide bonds. The number of nitrogens with zero attached hydrogens (tertiary/aromatic N) is 1. The maximum Gasteiger partial charge on any atom is 0.516 e. The Morgan fingerprint density at radius 3 is 2.36 bits per heavy atom. The van der Waals surface area contributed by atoms with Gasteiger partial charge in [-0.1, -0.05) is 27.0 Å². The molecule has 1 aromatic heterocycles. The van der Waals surface area contributed by atoms with Crippen LogP contribution in [0.25, 0.3) is 0 Å². The van der Waals surface area contributed by atoms with Crippen molar-refractivity contribution in [3.8, 4) is 0 Å². The van der Waals surface area contributed by atoms with Gasteiger partial charge in [-0.3, -0.25) is 4.79 Å². The lowest BCUT2D eigenvalue weighted by Gasteiger charge is -2.16. The monoisotopic (exact) mass is 376 g/mol. The lowest BCUT2D eigenvalue weighted by Crippen LogP contribution is -2.40. The number of sulfonamides is 1. The Kier molecular flexibility index (Phi) is 5.51. The van der Waals surface area contributed by atoms with Crippen LogP contribution in [0.1, 0.15) is 60.2 Å². The summed E-state index contributed by atoms with van der Waals surface area (Å²) in [5.74, 6) is -1.08. The van der Waals surface area contributed by atoms with Crippen LogP contribution in [0.2, 0.25) is 13.1 Å². The zero-order valence-electron chi connectivity index (χ0n) is 14.2. The Labute approximate surface area is 145 Å². The predicted octanol–water partition coefficient (Wildman–Crippen LogP) is 3.33. The number of hydrogen-bond donors (Lipinski definition) is 1. The molecule has 1 saturated heterocycles. The molecule has 1 aliphatic heterocycles. The van der Waals surface area contributed by atoms with Crippen molar-refractivity contribution in [3.63, 3.8) is 0 Å². The summed E-state index contributed by atoms with van der Waals surface area (Å²) in [6.07, 6.45) is 2.44. The van der Waals surface area contributed by atoms with Crippen LogP contribution in [0.5, 0.6) is 0 Å². The van der Waals surface area contributed by atoms with E-state index in [1.807, 2.05) is 26.7 Å². The molecule has 25 heavy (non-hydrogen) atoms. The summed E-state index contributed by atoms with van der Waals surface area (Å²) in [7, 11) is -5.76. The van der Waals surface area contributed by atoms with E-state index in [9.17, 15) is 26.4 Å². The molecular weight excluding hydrogens is 356 g/mol. The summed E-state index contributed by atoms with van der Waals surface area (Å²) in [6, 6.07) is 3.27. The summed E-state index contributed by atoms with van der Waals surface area (Å²) < 4.78 is 60.8. The second kappa shape index (κ2) is 6.97. The van der Waals surface area contributed by atoms with E-state index in [2.05, 4.69) is 4.98 Å². The molecule has 1 aromatic rings. The standard InChI is InChI=1S/C15H20BF3N2O3S/c1-4-9(5-2)12-6-10(11-8-16(11)3)7-13(20-12)14(22)21-25(23,24)15(17,18)19/h6-7,9,11H,4-5,8H2,1-3H3,(H,21,22). The van der Waals surface area contributed by atoms with Crippen LogP contribution in [0.3, 0.4) is 0 Å². The maximum atomic E-state index is 12.5. The number of carbonyl (C=O) groups is 1. The quantitative estimate of drug-likeness (QED) is 0.773. The number of nitrogens with one attached hydrogen (secondary N) is 1. The van der Waals surface area contributed by atoms with Crippen LogP contribution < -0.4 is 4.72 Å². The highest BCUT2D eigenvalue weighted by atomic mass is 32.2. The van der Waals surface area contributed by atoms with Crippen LogP contribution >= 0.6 is 0 Å². The van der Waals surface area contributed by atoms with Gasteiger partial charge in [0.1, 0.15) is 12.4 Å². The van der Waals surface area contributed by atoms with Crippen molar-refractivity contribution in [1.29, 1.82) is 0 Å². The topological polar surface area (TPSA) is 76.1 Å². The fourth-order valence-corrected chi connectivity index (χ4v) is 3.30. The van der Waals surface area contributed by atoms with E-state index in [-0.39, 0.29) is 17.4 Å². The van der Waals surface area contributed by atoms with Gasteiger partial charge in [0.05, 0.1) is 0 Å². The maximum absolute atomic E-state index is 12.5. The molecule has 1 unspecified atom stereocenters. The van der Waals surface area contributed by atoms with Crippen molar-refractivity contribution in [3.05, 3.63) is 29.1 Å². The molecule has 1 fully saturated rings. The van der Waals surface area contributed by atoms with Gasteiger partial charge in [-0.25, -0.2) is 9.71 Å². The van der Waals surface area contributed by atoms with E-state index in [4.69, 9.17) is 0 Å². The molecule has 1 atom stereocenters. The van der Waals surface area contributed by atoms with E-state index in [0.29, 0.717) is 12.4 Å². The molecule has 0 aromatic carbocycles. The number of hydrogen-bond acceptors (Lipinski definition) is 4. The van der Waals surface area contributed by atoms with Crippen LogP contribution in [0.15, 0.2) is 12.1 Å². The Balaban J connectivity index is 2.39. The highest BCUT2D eigenvalue weighted by molar-refractivity contribution is 7.90. The molecule has 0 spiro atoms. The molecule has 0 bridgehead atoms. The summed E-state index contributed by atoms with van der Waals surface area (Å²) in [5.41, 5.74) is -4.43. The average Bonchev–Trinajstić information content (AvgIpc) is 3.23. The van der Waals surface area contributed by atoms with E-state index < -0.39 is 21.4 Å². The SMILES string of the molecule is CCC(CC)c1cc(C2CB2C)cc(C(=O)NS(=O)(=O)C(F)(F)F)n1. The first-order chi connectivity index (χ1) is 11.5. The van der Waals surface area contributed by atoms with E-state index >= 15 is 0 Å². The van der Waals surface area contributed by atoms with Gasteiger partial charge in [-0.2, -0.15) is 21.6 Å². The van der Waals surface area contributed by atoms with Gasteiger partial charge in [-0.15, -0.1) is 0 Å². The molecule has 1 N–H and O–H groups in total. The minimum absolute atomic E-state index is 0.0554. The Morgan fingerprint density at radius 2 is 1.92 bits per heavy atom. The second-order valence-corrected chi connectivity index (χ2v) is 8.10. The van der Waals surface area contributed by atoms with Crippen LogP contribution in [0.4, 0.5) is 13.2 Å². The van der Waals surface area contributed by atoms with Gasteiger partial charge in [0.25, 0.3) is 5.91 Å². The Bertz CT molecular complexity index is 764. The largest absolute Gasteiger partial charge is 0.516 e. The molecule has 0 radical (unpaired) electrons. The minimum atomic E-state index is -5.76. The highest BCUT2D eigenvalue weighted by Gasteiger charge is 2.47. The number of carbonyl (C=O) groups excluding carboxylic acids is 1. The molecule has 2 heterocycles. The first-order valence-corrected chi connectivity index (χ1v) is 9.63. The molecule has 2 rings (SSSR count). The highest BCUT2D eigenvalue weighted by Crippen LogP contribution is 2.41. The van der Waals surface area contributed by atoms with E-state index in [1.54, 1.807) is 0 Å². The zero-order valence-corrected chi connectivity index (χ0v) is 15.0. The van der Waals surface area contributed by atoms with Crippen LogP contribution in [0, 0.1) is 0 Å². The number of aromatic nitrogens is 1. The van der Waals surface area contributed by atoms with Crippen molar-refractivity contribution >= 4 is 22.6 Å². The van der Waals surface area contributed by atoms with Crippen molar-refractivity contribution in [2.24, 2.45) is 0 Å². The summed E-state index contributed by atoms with van der Waals surface area (Å²) in [4.78, 5) is 16.2.